The third-order valence-electron chi connectivity index (χ3n) is 4.52. The van der Waals surface area contributed by atoms with Crippen molar-refractivity contribution in [3.63, 3.8) is 0 Å². The fourth-order valence-corrected chi connectivity index (χ4v) is 3.50. The van der Waals surface area contributed by atoms with Gasteiger partial charge < -0.3 is 19.2 Å². The smallest absolute Gasteiger partial charge is 0.257 e. The molecule has 170 valence electrons. The Morgan fingerprint density at radius 3 is 2.58 bits per heavy atom. The molecule has 0 fully saturated rings. The summed E-state index contributed by atoms with van der Waals surface area (Å²) in [5, 5.41) is 3.55. The van der Waals surface area contributed by atoms with Crippen LogP contribution in [0.1, 0.15) is 23.0 Å². The number of nitrogens with zero attached hydrogens (tertiary/aromatic N) is 1. The van der Waals surface area contributed by atoms with Crippen molar-refractivity contribution in [3.05, 3.63) is 72.1 Å². The molecule has 0 saturated carbocycles. The summed E-state index contributed by atoms with van der Waals surface area (Å²) in [7, 11) is 1.44. The molecule has 4 rings (SSSR count). The number of hydrogen-bond acceptors (Lipinski definition) is 8. The van der Waals surface area contributed by atoms with Gasteiger partial charge in [-0.1, -0.05) is 0 Å². The Bertz CT molecular complexity index is 1240. The Hall–Kier alpha value is -3.53. The summed E-state index contributed by atoms with van der Waals surface area (Å²) < 4.78 is 22.1. The number of hydrogen-bond donors (Lipinski definition) is 1. The van der Waals surface area contributed by atoms with Crippen LogP contribution in [0.2, 0.25) is 0 Å². The molecule has 1 amide bonds. The van der Waals surface area contributed by atoms with Crippen LogP contribution in [0.15, 0.2) is 70.1 Å². The molecule has 0 aliphatic carbocycles. The Morgan fingerprint density at radius 1 is 1.09 bits per heavy atom. The molecule has 2 aromatic carbocycles. The quantitative estimate of drug-likeness (QED) is 0.178. The van der Waals surface area contributed by atoms with E-state index in [-0.39, 0.29) is 5.91 Å². The number of fused-ring (bicyclic) bond motifs is 1. The van der Waals surface area contributed by atoms with E-state index in [9.17, 15) is 4.79 Å². The number of amides is 1. The first-order chi connectivity index (χ1) is 16.1. The standard InChI is InChI=1S/C24H22N2O6S/c1-4-29-18-7-10-23(25-14-18)26-24(27)16-12-21-20(11-15(2)30-21)22(13-16)31-17-5-8-19(9-6-17)33-32-28-3/h5-14H,4H2,1-3H3,(H,25,26,27). The Morgan fingerprint density at radius 2 is 1.88 bits per heavy atom. The van der Waals surface area contributed by atoms with E-state index in [1.54, 1.807) is 42.6 Å². The van der Waals surface area contributed by atoms with Crippen LogP contribution >= 0.6 is 12.0 Å². The summed E-state index contributed by atoms with van der Waals surface area (Å²) in [4.78, 5) is 22.6. The number of rotatable bonds is 9. The predicted molar refractivity (Wildman–Crippen MR) is 125 cm³/mol. The van der Waals surface area contributed by atoms with Gasteiger partial charge in [0.2, 0.25) is 0 Å². The third kappa shape index (κ3) is 5.64. The lowest BCUT2D eigenvalue weighted by Gasteiger charge is -2.10. The van der Waals surface area contributed by atoms with Crippen LogP contribution in [-0.2, 0) is 9.22 Å². The normalized spacial score (nSPS) is 10.9. The second kappa shape index (κ2) is 10.4. The van der Waals surface area contributed by atoms with Crippen molar-refractivity contribution >= 4 is 34.7 Å². The van der Waals surface area contributed by atoms with E-state index in [1.807, 2.05) is 32.0 Å². The molecule has 8 nitrogen and oxygen atoms in total. The maximum absolute atomic E-state index is 12.9. The lowest BCUT2D eigenvalue weighted by molar-refractivity contribution is -0.160. The minimum Gasteiger partial charge on any atom is -0.492 e. The SMILES string of the molecule is CCOc1ccc(NC(=O)c2cc(Oc3ccc(SOOC)cc3)c3cc(C)oc3c2)nc1. The highest BCUT2D eigenvalue weighted by molar-refractivity contribution is 7.94. The Kier molecular flexibility index (Phi) is 7.13. The van der Waals surface area contributed by atoms with E-state index in [1.165, 1.54) is 7.11 Å². The summed E-state index contributed by atoms with van der Waals surface area (Å²) in [6, 6.07) is 15.9. The lowest BCUT2D eigenvalue weighted by Crippen LogP contribution is -2.13. The minimum absolute atomic E-state index is 0.337. The molecule has 2 aromatic heterocycles. The number of nitrogens with one attached hydrogen (secondary N) is 1. The fourth-order valence-electron chi connectivity index (χ4n) is 3.11. The van der Waals surface area contributed by atoms with Crippen LogP contribution in [-0.4, -0.2) is 24.6 Å². The molecule has 0 bridgehead atoms. The van der Waals surface area contributed by atoms with Gasteiger partial charge in [-0.05, 0) is 68.4 Å². The first-order valence-corrected chi connectivity index (χ1v) is 10.9. The van der Waals surface area contributed by atoms with E-state index in [0.717, 1.165) is 22.3 Å². The molecule has 9 heteroatoms. The molecule has 0 saturated heterocycles. The van der Waals surface area contributed by atoms with Crippen molar-refractivity contribution in [2.75, 3.05) is 19.0 Å². The lowest BCUT2D eigenvalue weighted by atomic mass is 10.1. The largest absolute Gasteiger partial charge is 0.492 e. The molecule has 0 aliphatic rings. The van der Waals surface area contributed by atoms with Gasteiger partial charge in [0, 0.05) is 10.5 Å². The molecule has 4 aromatic rings. The summed E-state index contributed by atoms with van der Waals surface area (Å²) in [6.45, 7) is 4.28. The van der Waals surface area contributed by atoms with Crippen LogP contribution in [0.4, 0.5) is 5.82 Å². The maximum atomic E-state index is 12.9. The zero-order chi connectivity index (χ0) is 23.2. The molecule has 1 N–H and O–H groups in total. The molecular weight excluding hydrogens is 444 g/mol. The van der Waals surface area contributed by atoms with Gasteiger partial charge in [-0.15, -0.1) is 0 Å². The number of furan rings is 1. The highest BCUT2D eigenvalue weighted by Gasteiger charge is 2.16. The molecule has 33 heavy (non-hydrogen) atoms. The van der Waals surface area contributed by atoms with E-state index in [2.05, 4.69) is 15.2 Å². The van der Waals surface area contributed by atoms with Gasteiger partial charge in [-0.25, -0.2) is 9.87 Å². The van der Waals surface area contributed by atoms with Crippen LogP contribution in [0, 0.1) is 6.92 Å². The fraction of sp³-hybridized carbons (Fsp3) is 0.167. The minimum atomic E-state index is -0.337. The van der Waals surface area contributed by atoms with Crippen LogP contribution in [0.25, 0.3) is 11.0 Å². The van der Waals surface area contributed by atoms with Gasteiger partial charge in [0.15, 0.2) is 0 Å². The van der Waals surface area contributed by atoms with Crippen molar-refractivity contribution in [1.82, 2.24) is 4.98 Å². The van der Waals surface area contributed by atoms with Crippen LogP contribution in [0.3, 0.4) is 0 Å². The zero-order valence-electron chi connectivity index (χ0n) is 18.3. The molecule has 0 spiro atoms. The number of aromatic nitrogens is 1. The Labute approximate surface area is 194 Å². The molecule has 2 heterocycles. The van der Waals surface area contributed by atoms with Gasteiger partial charge in [-0.3, -0.25) is 4.79 Å². The number of aryl methyl sites for hydroxylation is 1. The number of ether oxygens (including phenoxy) is 2. The summed E-state index contributed by atoms with van der Waals surface area (Å²) >= 11 is 1.09. The van der Waals surface area contributed by atoms with Gasteiger partial charge >= 0.3 is 0 Å². The second-order valence-electron chi connectivity index (χ2n) is 6.90. The van der Waals surface area contributed by atoms with E-state index in [0.29, 0.717) is 46.6 Å². The van der Waals surface area contributed by atoms with Gasteiger partial charge in [0.25, 0.3) is 5.91 Å². The predicted octanol–water partition coefficient (Wildman–Crippen LogP) is 6.16. The second-order valence-corrected chi connectivity index (χ2v) is 7.68. The first-order valence-electron chi connectivity index (χ1n) is 10.2. The van der Waals surface area contributed by atoms with Gasteiger partial charge in [0.05, 0.1) is 37.3 Å². The molecule has 0 atom stereocenters. The number of pyridine rings is 1. The highest BCUT2D eigenvalue weighted by atomic mass is 32.2. The number of carbonyl (C=O) groups is 1. The molecular formula is C24H22N2O6S. The van der Waals surface area contributed by atoms with E-state index < -0.39 is 0 Å². The van der Waals surface area contributed by atoms with Crippen molar-refractivity contribution in [1.29, 1.82) is 0 Å². The van der Waals surface area contributed by atoms with Crippen molar-refractivity contribution in [2.45, 2.75) is 18.7 Å². The highest BCUT2D eigenvalue weighted by Crippen LogP contribution is 2.34. The van der Waals surface area contributed by atoms with Crippen molar-refractivity contribution in [3.8, 4) is 17.2 Å². The molecule has 0 unspecified atom stereocenters. The van der Waals surface area contributed by atoms with E-state index >= 15 is 0 Å². The first kappa shape index (κ1) is 22.7. The van der Waals surface area contributed by atoms with Crippen molar-refractivity contribution < 1.29 is 27.9 Å². The number of anilines is 1. The summed E-state index contributed by atoms with van der Waals surface area (Å²) in [5.41, 5.74) is 0.929. The molecule has 0 aliphatic heterocycles. The average Bonchev–Trinajstić information content (AvgIpc) is 3.20. The maximum Gasteiger partial charge on any atom is 0.257 e. The van der Waals surface area contributed by atoms with Gasteiger partial charge in [0.1, 0.15) is 34.4 Å². The van der Waals surface area contributed by atoms with E-state index in [4.69, 9.17) is 18.2 Å². The van der Waals surface area contributed by atoms with Crippen LogP contribution in [0.5, 0.6) is 17.2 Å². The topological polar surface area (TPSA) is 92.1 Å². The third-order valence-corrected chi connectivity index (χ3v) is 5.19. The summed E-state index contributed by atoms with van der Waals surface area (Å²) in [5.74, 6) is 2.52. The number of benzene rings is 2. The zero-order valence-corrected chi connectivity index (χ0v) is 19.1. The summed E-state index contributed by atoms with van der Waals surface area (Å²) in [6.07, 6.45) is 1.56. The Balaban J connectivity index is 1.57. The van der Waals surface area contributed by atoms with Crippen LogP contribution < -0.4 is 14.8 Å². The average molecular weight is 467 g/mol. The van der Waals surface area contributed by atoms with Gasteiger partial charge in [-0.2, -0.15) is 4.33 Å². The molecule has 0 radical (unpaired) electrons. The van der Waals surface area contributed by atoms with Crippen molar-refractivity contribution in [2.24, 2.45) is 0 Å². The number of carbonyl (C=O) groups excluding carboxylic acids is 1. The monoisotopic (exact) mass is 466 g/mol.